The van der Waals surface area contributed by atoms with Crippen LogP contribution in [-0.4, -0.2) is 21.8 Å². The molecule has 3 nitrogen and oxygen atoms in total. The Labute approximate surface area is 102 Å². The van der Waals surface area contributed by atoms with E-state index in [9.17, 15) is 15.0 Å². The number of carboxylic acid groups (broad SMARTS) is 1. The van der Waals surface area contributed by atoms with Gasteiger partial charge in [-0.2, -0.15) is 0 Å². The van der Waals surface area contributed by atoms with E-state index in [0.29, 0.717) is 18.8 Å². The highest BCUT2D eigenvalue weighted by Crippen LogP contribution is 2.67. The largest absolute Gasteiger partial charge is 0.481 e. The van der Waals surface area contributed by atoms with Crippen molar-refractivity contribution in [2.45, 2.75) is 57.5 Å². The summed E-state index contributed by atoms with van der Waals surface area (Å²) in [6.45, 7) is 2.07. The number of fused-ring (bicyclic) bond motifs is 3. The first-order valence-corrected chi connectivity index (χ1v) is 7.00. The average molecular weight is 238 g/mol. The molecule has 0 amide bonds. The number of aliphatic hydroxyl groups is 1. The van der Waals surface area contributed by atoms with E-state index < -0.39 is 17.0 Å². The van der Waals surface area contributed by atoms with Crippen LogP contribution in [0.2, 0.25) is 0 Å². The maximum absolute atomic E-state index is 11.8. The molecule has 0 aromatic carbocycles. The molecule has 3 aliphatic rings. The predicted molar refractivity (Wildman–Crippen MR) is 63.5 cm³/mol. The first-order chi connectivity index (χ1) is 8.04. The molecule has 0 saturated heterocycles. The van der Waals surface area contributed by atoms with Crippen LogP contribution in [0.1, 0.15) is 51.9 Å². The van der Waals surface area contributed by atoms with Crippen molar-refractivity contribution in [3.63, 3.8) is 0 Å². The van der Waals surface area contributed by atoms with Gasteiger partial charge in [-0.1, -0.05) is 19.8 Å². The zero-order valence-corrected chi connectivity index (χ0v) is 10.5. The third-order valence-electron chi connectivity index (χ3n) is 6.14. The fourth-order valence-corrected chi connectivity index (χ4v) is 5.42. The van der Waals surface area contributed by atoms with Crippen LogP contribution in [-0.2, 0) is 4.79 Å². The van der Waals surface area contributed by atoms with Gasteiger partial charge < -0.3 is 10.2 Å². The van der Waals surface area contributed by atoms with E-state index in [-0.39, 0.29) is 11.8 Å². The Morgan fingerprint density at radius 1 is 1.18 bits per heavy atom. The number of rotatable bonds is 1. The van der Waals surface area contributed by atoms with Gasteiger partial charge in [-0.15, -0.1) is 0 Å². The minimum absolute atomic E-state index is 0.137. The first-order valence-electron chi connectivity index (χ1n) is 7.00. The van der Waals surface area contributed by atoms with Crippen LogP contribution in [0, 0.1) is 23.2 Å². The second kappa shape index (κ2) is 3.47. The fourth-order valence-electron chi connectivity index (χ4n) is 5.42. The Morgan fingerprint density at radius 3 is 2.59 bits per heavy atom. The summed E-state index contributed by atoms with van der Waals surface area (Å²) >= 11 is 0. The van der Waals surface area contributed by atoms with Gasteiger partial charge in [-0.25, -0.2) is 0 Å². The lowest BCUT2D eigenvalue weighted by atomic mass is 9.70. The lowest BCUT2D eigenvalue weighted by molar-refractivity contribution is -0.168. The van der Waals surface area contributed by atoms with Crippen molar-refractivity contribution >= 4 is 5.97 Å². The highest BCUT2D eigenvalue weighted by Gasteiger charge is 2.72. The number of carbonyl (C=O) groups is 1. The van der Waals surface area contributed by atoms with Crippen molar-refractivity contribution in [2.75, 3.05) is 0 Å². The van der Waals surface area contributed by atoms with Gasteiger partial charge in [0.15, 0.2) is 0 Å². The van der Waals surface area contributed by atoms with Crippen molar-refractivity contribution in [1.29, 1.82) is 0 Å². The lowest BCUT2D eigenvalue weighted by Crippen LogP contribution is -2.50. The summed E-state index contributed by atoms with van der Waals surface area (Å²) in [6, 6.07) is 0. The molecule has 17 heavy (non-hydrogen) atoms. The van der Waals surface area contributed by atoms with Crippen LogP contribution in [0.3, 0.4) is 0 Å². The average Bonchev–Trinajstić information content (AvgIpc) is 2.75. The summed E-state index contributed by atoms with van der Waals surface area (Å²) in [5, 5.41) is 20.7. The van der Waals surface area contributed by atoms with Gasteiger partial charge in [0, 0.05) is 0 Å². The molecule has 5 atom stereocenters. The molecule has 0 heterocycles. The molecule has 2 N–H and O–H groups in total. The summed E-state index contributed by atoms with van der Waals surface area (Å²) < 4.78 is 0. The maximum atomic E-state index is 11.8. The Balaban J connectivity index is 2.09. The Hall–Kier alpha value is -0.570. The second-order valence-corrected chi connectivity index (χ2v) is 6.40. The Kier molecular flexibility index (Phi) is 2.35. The van der Waals surface area contributed by atoms with Crippen LogP contribution >= 0.6 is 0 Å². The van der Waals surface area contributed by atoms with Crippen molar-refractivity contribution in [1.82, 2.24) is 0 Å². The minimum Gasteiger partial charge on any atom is -0.481 e. The zero-order valence-electron chi connectivity index (χ0n) is 10.5. The molecule has 3 fully saturated rings. The smallest absolute Gasteiger partial charge is 0.312 e. The third-order valence-corrected chi connectivity index (χ3v) is 6.14. The van der Waals surface area contributed by atoms with E-state index in [1.54, 1.807) is 0 Å². The summed E-state index contributed by atoms with van der Waals surface area (Å²) in [7, 11) is 0. The molecule has 0 radical (unpaired) electrons. The molecule has 0 aliphatic heterocycles. The summed E-state index contributed by atoms with van der Waals surface area (Å²) in [5.41, 5.74) is -1.75. The molecular formula is C14H22O3. The van der Waals surface area contributed by atoms with E-state index in [1.807, 2.05) is 0 Å². The quantitative estimate of drug-likeness (QED) is 0.737. The number of hydrogen-bond acceptors (Lipinski definition) is 2. The standard InChI is InChI=1S/C14H22O3/c1-9-10-5-2-3-6-11(10)14(17)8-4-7-13(9,14)12(15)16/h9-11,17H,2-8H2,1H3,(H,15,16). The van der Waals surface area contributed by atoms with Crippen LogP contribution in [0.15, 0.2) is 0 Å². The molecule has 3 saturated carbocycles. The predicted octanol–water partition coefficient (Wildman–Crippen LogP) is 2.43. The SMILES string of the molecule is CC1C2CCCCC2C2(O)CCCC12C(=O)O. The van der Waals surface area contributed by atoms with E-state index in [0.717, 1.165) is 25.7 Å². The van der Waals surface area contributed by atoms with Gasteiger partial charge in [0.2, 0.25) is 0 Å². The van der Waals surface area contributed by atoms with Crippen LogP contribution in [0.25, 0.3) is 0 Å². The number of hydrogen-bond donors (Lipinski definition) is 2. The summed E-state index contributed by atoms with van der Waals surface area (Å²) in [4.78, 5) is 11.8. The number of aliphatic carboxylic acids is 1. The third kappa shape index (κ3) is 1.14. The van der Waals surface area contributed by atoms with Gasteiger partial charge in [-0.3, -0.25) is 4.79 Å². The van der Waals surface area contributed by atoms with E-state index in [2.05, 4.69) is 6.92 Å². The Bertz CT molecular complexity index is 353. The van der Waals surface area contributed by atoms with E-state index in [1.165, 1.54) is 6.42 Å². The van der Waals surface area contributed by atoms with Crippen molar-refractivity contribution in [2.24, 2.45) is 23.2 Å². The second-order valence-electron chi connectivity index (χ2n) is 6.40. The molecular weight excluding hydrogens is 216 g/mol. The number of carboxylic acids is 1. The van der Waals surface area contributed by atoms with Gasteiger partial charge in [-0.05, 0) is 49.9 Å². The first kappa shape index (κ1) is 11.5. The minimum atomic E-state index is -0.913. The molecule has 96 valence electrons. The molecule has 0 aromatic rings. The molecule has 0 bridgehead atoms. The highest BCUT2D eigenvalue weighted by atomic mass is 16.4. The molecule has 0 spiro atoms. The fraction of sp³-hybridized carbons (Fsp3) is 0.929. The summed E-state index contributed by atoms with van der Waals surface area (Å²) in [5.74, 6) is 0.0622. The molecule has 3 heteroatoms. The topological polar surface area (TPSA) is 57.5 Å². The molecule has 0 aromatic heterocycles. The zero-order chi connectivity index (χ0) is 12.3. The van der Waals surface area contributed by atoms with E-state index in [4.69, 9.17) is 0 Å². The summed E-state index contributed by atoms with van der Waals surface area (Å²) in [6.07, 6.45) is 6.75. The monoisotopic (exact) mass is 238 g/mol. The van der Waals surface area contributed by atoms with Gasteiger partial charge in [0.25, 0.3) is 0 Å². The van der Waals surface area contributed by atoms with Crippen molar-refractivity contribution in [3.8, 4) is 0 Å². The molecule has 5 unspecified atom stereocenters. The van der Waals surface area contributed by atoms with E-state index >= 15 is 0 Å². The van der Waals surface area contributed by atoms with Crippen LogP contribution in [0.5, 0.6) is 0 Å². The highest BCUT2D eigenvalue weighted by molar-refractivity contribution is 5.78. The van der Waals surface area contributed by atoms with Crippen molar-refractivity contribution < 1.29 is 15.0 Å². The van der Waals surface area contributed by atoms with Gasteiger partial charge in [0.05, 0.1) is 11.0 Å². The van der Waals surface area contributed by atoms with Crippen molar-refractivity contribution in [3.05, 3.63) is 0 Å². The normalized spacial score (nSPS) is 53.2. The molecule has 3 aliphatic carbocycles. The van der Waals surface area contributed by atoms with Crippen LogP contribution in [0.4, 0.5) is 0 Å². The lowest BCUT2D eigenvalue weighted by Gasteiger charge is -2.38. The van der Waals surface area contributed by atoms with Gasteiger partial charge in [0.1, 0.15) is 0 Å². The maximum Gasteiger partial charge on any atom is 0.312 e. The molecule has 3 rings (SSSR count). The van der Waals surface area contributed by atoms with Gasteiger partial charge >= 0.3 is 5.97 Å². The Morgan fingerprint density at radius 2 is 1.88 bits per heavy atom. The van der Waals surface area contributed by atoms with Crippen LogP contribution < -0.4 is 0 Å².